The minimum Gasteiger partial charge on any atom is -0.396 e. The molecule has 1 heterocycles. The Balaban J connectivity index is 2.84. The van der Waals surface area contributed by atoms with Crippen LogP contribution in [-0.4, -0.2) is 35.6 Å². The van der Waals surface area contributed by atoms with Crippen LogP contribution in [0.5, 0.6) is 0 Å². The normalized spacial score (nSPS) is 22.7. The first-order valence-electron chi connectivity index (χ1n) is 6.81. The molecule has 19 heavy (non-hydrogen) atoms. The molecule has 1 aliphatic heterocycles. The van der Waals surface area contributed by atoms with Crippen LogP contribution in [-0.2, 0) is 0 Å². The molecule has 1 aliphatic rings. The number of rotatable bonds is 1. The molecule has 0 radical (unpaired) electrons. The van der Waals surface area contributed by atoms with Crippen LogP contribution in [0.3, 0.4) is 0 Å². The van der Waals surface area contributed by atoms with E-state index in [9.17, 15) is 9.90 Å². The molecule has 0 aliphatic carbocycles. The third kappa shape index (κ3) is 1.79. The van der Waals surface area contributed by atoms with Crippen LogP contribution >= 0.6 is 0 Å². The Morgan fingerprint density at radius 1 is 1.05 bits per heavy atom. The fraction of sp³-hybridized carbons (Fsp3) is 0.562. The van der Waals surface area contributed by atoms with Crippen LogP contribution in [0, 0.1) is 27.7 Å². The average molecular weight is 261 g/mol. The van der Waals surface area contributed by atoms with E-state index in [2.05, 4.69) is 20.8 Å². The SMILES string of the molecule is Cc1c(C)c(C)c2c(c1C)C(=O)N(C)C(C)C2CO. The molecule has 1 N–H and O–H groups in total. The van der Waals surface area contributed by atoms with E-state index in [-0.39, 0.29) is 24.5 Å². The summed E-state index contributed by atoms with van der Waals surface area (Å²) in [6.45, 7) is 10.3. The average Bonchev–Trinajstić information content (AvgIpc) is 2.40. The Bertz CT molecular complexity index is 548. The number of hydrogen-bond donors (Lipinski definition) is 1. The van der Waals surface area contributed by atoms with Gasteiger partial charge in [-0.15, -0.1) is 0 Å². The summed E-state index contributed by atoms with van der Waals surface area (Å²) >= 11 is 0. The molecule has 104 valence electrons. The molecule has 0 fully saturated rings. The van der Waals surface area contributed by atoms with Crippen molar-refractivity contribution >= 4 is 5.91 Å². The zero-order valence-electron chi connectivity index (χ0n) is 12.7. The van der Waals surface area contributed by atoms with Gasteiger partial charge in [-0.3, -0.25) is 4.79 Å². The summed E-state index contributed by atoms with van der Waals surface area (Å²) < 4.78 is 0. The van der Waals surface area contributed by atoms with Gasteiger partial charge in [-0.05, 0) is 62.4 Å². The van der Waals surface area contributed by atoms with Gasteiger partial charge >= 0.3 is 0 Å². The fourth-order valence-electron chi connectivity index (χ4n) is 3.20. The smallest absolute Gasteiger partial charge is 0.254 e. The van der Waals surface area contributed by atoms with Gasteiger partial charge in [-0.1, -0.05) is 0 Å². The van der Waals surface area contributed by atoms with Gasteiger partial charge in [-0.25, -0.2) is 0 Å². The first-order valence-corrected chi connectivity index (χ1v) is 6.81. The number of carbonyl (C=O) groups excluding carboxylic acids is 1. The second-order valence-corrected chi connectivity index (χ2v) is 5.73. The third-order valence-electron chi connectivity index (χ3n) is 5.03. The van der Waals surface area contributed by atoms with Crippen molar-refractivity contribution in [1.82, 2.24) is 4.90 Å². The number of fused-ring (bicyclic) bond motifs is 1. The van der Waals surface area contributed by atoms with E-state index in [0.29, 0.717) is 0 Å². The third-order valence-corrected chi connectivity index (χ3v) is 5.03. The number of amides is 1. The monoisotopic (exact) mass is 261 g/mol. The zero-order valence-corrected chi connectivity index (χ0v) is 12.7. The van der Waals surface area contributed by atoms with Crippen molar-refractivity contribution in [2.24, 2.45) is 0 Å². The van der Waals surface area contributed by atoms with Gasteiger partial charge in [0.05, 0.1) is 6.61 Å². The van der Waals surface area contributed by atoms with Gasteiger partial charge in [0.1, 0.15) is 0 Å². The predicted molar refractivity (Wildman–Crippen MR) is 76.8 cm³/mol. The van der Waals surface area contributed by atoms with Crippen molar-refractivity contribution in [3.05, 3.63) is 33.4 Å². The van der Waals surface area contributed by atoms with Gasteiger partial charge in [0.2, 0.25) is 0 Å². The summed E-state index contributed by atoms with van der Waals surface area (Å²) in [7, 11) is 1.82. The lowest BCUT2D eigenvalue weighted by molar-refractivity contribution is 0.0655. The minimum absolute atomic E-state index is 0.00991. The second-order valence-electron chi connectivity index (χ2n) is 5.73. The summed E-state index contributed by atoms with van der Waals surface area (Å²) in [6, 6.07) is 0.0326. The number of benzene rings is 1. The number of aliphatic hydroxyl groups excluding tert-OH is 1. The Morgan fingerprint density at radius 3 is 2.11 bits per heavy atom. The van der Waals surface area contributed by atoms with Crippen molar-refractivity contribution in [3.8, 4) is 0 Å². The van der Waals surface area contributed by atoms with Crippen molar-refractivity contribution in [3.63, 3.8) is 0 Å². The largest absolute Gasteiger partial charge is 0.396 e. The summed E-state index contributed by atoms with van der Waals surface area (Å²) in [4.78, 5) is 14.3. The van der Waals surface area contributed by atoms with Crippen molar-refractivity contribution < 1.29 is 9.90 Å². The lowest BCUT2D eigenvalue weighted by atomic mass is 9.77. The Labute approximate surface area is 115 Å². The molecule has 0 bridgehead atoms. The summed E-state index contributed by atoms with van der Waals surface area (Å²) in [5.74, 6) is 0.0894. The summed E-state index contributed by atoms with van der Waals surface area (Å²) in [5.41, 5.74) is 6.49. The lowest BCUT2D eigenvalue weighted by Gasteiger charge is -2.40. The van der Waals surface area contributed by atoms with Crippen molar-refractivity contribution in [2.75, 3.05) is 13.7 Å². The molecule has 0 spiro atoms. The molecule has 3 nitrogen and oxygen atoms in total. The molecule has 2 unspecified atom stereocenters. The van der Waals surface area contributed by atoms with Crippen LogP contribution in [0.4, 0.5) is 0 Å². The number of aliphatic hydroxyl groups is 1. The quantitative estimate of drug-likeness (QED) is 0.843. The highest BCUT2D eigenvalue weighted by molar-refractivity contribution is 5.99. The molecule has 1 aromatic rings. The Kier molecular flexibility index (Phi) is 3.43. The Hall–Kier alpha value is -1.35. The van der Waals surface area contributed by atoms with Crippen LogP contribution < -0.4 is 0 Å². The molecule has 2 rings (SSSR count). The molecule has 0 saturated heterocycles. The highest BCUT2D eigenvalue weighted by Gasteiger charge is 2.37. The maximum absolute atomic E-state index is 12.6. The molecule has 1 amide bonds. The predicted octanol–water partition coefficient (Wildman–Crippen LogP) is 2.47. The molecule has 0 saturated carbocycles. The highest BCUT2D eigenvalue weighted by Crippen LogP contribution is 2.38. The van der Waals surface area contributed by atoms with Crippen LogP contribution in [0.1, 0.15) is 51.0 Å². The molecule has 2 atom stereocenters. The van der Waals surface area contributed by atoms with Gasteiger partial charge in [0, 0.05) is 24.6 Å². The molecular formula is C16H23NO2. The number of likely N-dealkylation sites (N-methyl/N-ethyl adjacent to an activating group) is 1. The summed E-state index contributed by atoms with van der Waals surface area (Å²) in [5, 5.41) is 9.75. The number of hydrogen-bond acceptors (Lipinski definition) is 2. The fourth-order valence-corrected chi connectivity index (χ4v) is 3.20. The van der Waals surface area contributed by atoms with Crippen LogP contribution in [0.15, 0.2) is 0 Å². The highest BCUT2D eigenvalue weighted by atomic mass is 16.3. The van der Waals surface area contributed by atoms with Crippen molar-refractivity contribution in [1.29, 1.82) is 0 Å². The standard InChI is InChI=1S/C16H23NO2/c1-8-9(2)11(4)15-14(10(8)3)13(7-18)12(5)17(6)16(15)19/h12-13,18H,7H2,1-6H3. The van der Waals surface area contributed by atoms with E-state index in [1.54, 1.807) is 4.90 Å². The number of carbonyl (C=O) groups is 1. The molecule has 3 heteroatoms. The van der Waals surface area contributed by atoms with Gasteiger partial charge in [0.25, 0.3) is 5.91 Å². The first-order chi connectivity index (χ1) is 8.82. The van der Waals surface area contributed by atoms with E-state index < -0.39 is 0 Å². The van der Waals surface area contributed by atoms with Gasteiger partial charge in [-0.2, -0.15) is 0 Å². The zero-order chi connectivity index (χ0) is 14.5. The lowest BCUT2D eigenvalue weighted by Crippen LogP contribution is -2.46. The summed E-state index contributed by atoms with van der Waals surface area (Å²) in [6.07, 6.45) is 0. The topological polar surface area (TPSA) is 40.5 Å². The second kappa shape index (κ2) is 4.64. The molecule has 0 aromatic heterocycles. The van der Waals surface area contributed by atoms with E-state index in [1.807, 2.05) is 20.9 Å². The van der Waals surface area contributed by atoms with Crippen molar-refractivity contribution in [2.45, 2.75) is 46.6 Å². The maximum atomic E-state index is 12.6. The van der Waals surface area contributed by atoms with Crippen LogP contribution in [0.2, 0.25) is 0 Å². The minimum atomic E-state index is 0.00991. The first kappa shape index (κ1) is 14.1. The van der Waals surface area contributed by atoms with E-state index in [0.717, 1.165) is 22.3 Å². The molecular weight excluding hydrogens is 238 g/mol. The van der Waals surface area contributed by atoms with Gasteiger partial charge < -0.3 is 10.0 Å². The van der Waals surface area contributed by atoms with Crippen LogP contribution in [0.25, 0.3) is 0 Å². The van der Waals surface area contributed by atoms with E-state index >= 15 is 0 Å². The van der Waals surface area contributed by atoms with E-state index in [1.165, 1.54) is 11.1 Å². The molecule has 1 aromatic carbocycles. The Morgan fingerprint density at radius 2 is 1.58 bits per heavy atom. The van der Waals surface area contributed by atoms with E-state index in [4.69, 9.17) is 0 Å². The van der Waals surface area contributed by atoms with Gasteiger partial charge in [0.15, 0.2) is 0 Å². The number of nitrogens with zero attached hydrogens (tertiary/aromatic N) is 1. The maximum Gasteiger partial charge on any atom is 0.254 e.